The van der Waals surface area contributed by atoms with Crippen molar-refractivity contribution in [3.63, 3.8) is 0 Å². The van der Waals surface area contributed by atoms with Crippen LogP contribution in [0.3, 0.4) is 0 Å². The molecule has 0 saturated heterocycles. The van der Waals surface area contributed by atoms with Crippen molar-refractivity contribution >= 4 is 23.2 Å². The molecule has 0 aromatic heterocycles. The summed E-state index contributed by atoms with van der Waals surface area (Å²) in [6.45, 7) is 8.21. The normalized spacial score (nSPS) is 11.2. The van der Waals surface area contributed by atoms with Gasteiger partial charge in [-0.2, -0.15) is 5.26 Å². The molecule has 0 aliphatic carbocycles. The molecular formula is C22H24ClN3O. The fourth-order valence-electron chi connectivity index (χ4n) is 2.81. The van der Waals surface area contributed by atoms with Crippen LogP contribution in [0.1, 0.15) is 30.5 Å². The van der Waals surface area contributed by atoms with Gasteiger partial charge in [0.1, 0.15) is 11.6 Å². The summed E-state index contributed by atoms with van der Waals surface area (Å²) in [5.74, 6) is -0.315. The maximum atomic E-state index is 12.9. The van der Waals surface area contributed by atoms with Gasteiger partial charge < -0.3 is 10.2 Å². The van der Waals surface area contributed by atoms with E-state index in [0.717, 1.165) is 16.7 Å². The first kappa shape index (κ1) is 20.5. The second-order valence-corrected chi connectivity index (χ2v) is 7.17. The van der Waals surface area contributed by atoms with Crippen LogP contribution < -0.4 is 5.32 Å². The molecule has 1 N–H and O–H groups in total. The zero-order chi connectivity index (χ0) is 20.0. The summed E-state index contributed by atoms with van der Waals surface area (Å²) in [5.41, 5.74) is 3.75. The first-order chi connectivity index (χ1) is 12.8. The molecule has 0 spiro atoms. The Hall–Kier alpha value is -2.77. The summed E-state index contributed by atoms with van der Waals surface area (Å²) >= 11 is 6.29. The van der Waals surface area contributed by atoms with Gasteiger partial charge in [-0.15, -0.1) is 0 Å². The van der Waals surface area contributed by atoms with Gasteiger partial charge >= 0.3 is 0 Å². The zero-order valence-electron chi connectivity index (χ0n) is 16.1. The van der Waals surface area contributed by atoms with E-state index in [1.54, 1.807) is 4.90 Å². The average molecular weight is 382 g/mol. The second-order valence-electron chi connectivity index (χ2n) is 6.77. The molecule has 140 valence electrons. The molecule has 4 nitrogen and oxygen atoms in total. The number of amides is 1. The van der Waals surface area contributed by atoms with Crippen LogP contribution in [0.25, 0.3) is 0 Å². The van der Waals surface area contributed by atoms with Gasteiger partial charge in [-0.25, -0.2) is 0 Å². The summed E-state index contributed by atoms with van der Waals surface area (Å²) in [7, 11) is 0. The van der Waals surface area contributed by atoms with Gasteiger partial charge in [0.05, 0.1) is 10.7 Å². The van der Waals surface area contributed by atoms with Gasteiger partial charge in [-0.05, 0) is 50.5 Å². The molecule has 1 amide bonds. The van der Waals surface area contributed by atoms with Crippen molar-refractivity contribution in [2.24, 2.45) is 0 Å². The highest BCUT2D eigenvalue weighted by molar-refractivity contribution is 6.33. The van der Waals surface area contributed by atoms with Gasteiger partial charge in [0, 0.05) is 18.8 Å². The highest BCUT2D eigenvalue weighted by atomic mass is 35.5. The van der Waals surface area contributed by atoms with E-state index in [1.165, 1.54) is 6.20 Å². The van der Waals surface area contributed by atoms with Crippen LogP contribution in [0, 0.1) is 25.2 Å². The summed E-state index contributed by atoms with van der Waals surface area (Å²) < 4.78 is 0. The van der Waals surface area contributed by atoms with Crippen molar-refractivity contribution in [2.45, 2.75) is 40.3 Å². The molecule has 27 heavy (non-hydrogen) atoms. The second kappa shape index (κ2) is 9.25. The molecule has 2 aromatic carbocycles. The van der Waals surface area contributed by atoms with Crippen molar-refractivity contribution < 1.29 is 4.79 Å². The fraction of sp³-hybridized carbons (Fsp3) is 0.273. The third kappa shape index (κ3) is 5.35. The first-order valence-corrected chi connectivity index (χ1v) is 9.19. The Morgan fingerprint density at radius 2 is 1.93 bits per heavy atom. The Balaban J connectivity index is 2.25. The SMILES string of the molecule is Cc1cc(C)c(N/C=C(/C#N)C(=O)N(Cc2ccccc2)C(C)C)c(Cl)c1. The molecule has 0 unspecified atom stereocenters. The molecule has 0 saturated carbocycles. The van der Waals surface area contributed by atoms with Crippen LogP contribution in [0.4, 0.5) is 5.69 Å². The molecular weight excluding hydrogens is 358 g/mol. The molecule has 0 aliphatic rings. The van der Waals surface area contributed by atoms with Crippen molar-refractivity contribution in [3.8, 4) is 6.07 Å². The lowest BCUT2D eigenvalue weighted by molar-refractivity contribution is -0.129. The molecule has 0 radical (unpaired) electrons. The van der Waals surface area contributed by atoms with Gasteiger partial charge in [-0.3, -0.25) is 4.79 Å². The van der Waals surface area contributed by atoms with E-state index in [2.05, 4.69) is 5.32 Å². The highest BCUT2D eigenvalue weighted by Crippen LogP contribution is 2.27. The Bertz CT molecular complexity index is 859. The van der Waals surface area contributed by atoms with Crippen molar-refractivity contribution in [1.82, 2.24) is 4.90 Å². The van der Waals surface area contributed by atoms with E-state index in [1.807, 2.05) is 76.2 Å². The predicted molar refractivity (Wildman–Crippen MR) is 110 cm³/mol. The summed E-state index contributed by atoms with van der Waals surface area (Å²) in [6, 6.07) is 15.5. The number of nitrogens with one attached hydrogen (secondary N) is 1. The zero-order valence-corrected chi connectivity index (χ0v) is 16.8. The maximum Gasteiger partial charge on any atom is 0.266 e. The van der Waals surface area contributed by atoms with Crippen LogP contribution in [0.15, 0.2) is 54.2 Å². The molecule has 0 aliphatic heterocycles. The topological polar surface area (TPSA) is 56.1 Å². The van der Waals surface area contributed by atoms with Gasteiger partial charge in [-0.1, -0.05) is 48.0 Å². The number of halogens is 1. The number of carbonyl (C=O) groups is 1. The Morgan fingerprint density at radius 3 is 2.48 bits per heavy atom. The van der Waals surface area contributed by atoms with Crippen LogP contribution in [0.5, 0.6) is 0 Å². The largest absolute Gasteiger partial charge is 0.359 e. The molecule has 2 rings (SSSR count). The number of aryl methyl sites for hydroxylation is 2. The minimum Gasteiger partial charge on any atom is -0.359 e. The lowest BCUT2D eigenvalue weighted by Crippen LogP contribution is -2.37. The van der Waals surface area contributed by atoms with E-state index < -0.39 is 0 Å². The summed E-state index contributed by atoms with van der Waals surface area (Å²) in [6.07, 6.45) is 1.44. The minimum atomic E-state index is -0.315. The molecule has 0 bridgehead atoms. The number of carbonyl (C=O) groups excluding carboxylic acids is 1. The van der Waals surface area contributed by atoms with Crippen LogP contribution in [-0.2, 0) is 11.3 Å². The molecule has 2 aromatic rings. The fourth-order valence-corrected chi connectivity index (χ4v) is 3.18. The van der Waals surface area contributed by atoms with Gasteiger partial charge in [0.25, 0.3) is 5.91 Å². The van der Waals surface area contributed by atoms with E-state index in [-0.39, 0.29) is 17.5 Å². The van der Waals surface area contributed by atoms with Gasteiger partial charge in [0.2, 0.25) is 0 Å². The standard InChI is InChI=1S/C22H24ClN3O/c1-15(2)26(14-18-8-6-5-7-9-18)22(27)19(12-24)13-25-21-17(4)10-16(3)11-20(21)23/h5-11,13,15,25H,14H2,1-4H3/b19-13-. The van der Waals surface area contributed by atoms with E-state index in [4.69, 9.17) is 11.6 Å². The van der Waals surface area contributed by atoms with Crippen molar-refractivity contribution in [3.05, 3.63) is 76.0 Å². The van der Waals surface area contributed by atoms with E-state index in [9.17, 15) is 10.1 Å². The Morgan fingerprint density at radius 1 is 1.26 bits per heavy atom. The van der Waals surface area contributed by atoms with Crippen LogP contribution in [-0.4, -0.2) is 16.8 Å². The number of hydrogen-bond acceptors (Lipinski definition) is 3. The molecule has 0 fully saturated rings. The van der Waals surface area contributed by atoms with Crippen molar-refractivity contribution in [2.75, 3.05) is 5.32 Å². The van der Waals surface area contributed by atoms with Crippen LogP contribution in [0.2, 0.25) is 5.02 Å². The lowest BCUT2D eigenvalue weighted by Gasteiger charge is -2.26. The maximum absolute atomic E-state index is 12.9. The van der Waals surface area contributed by atoms with E-state index in [0.29, 0.717) is 17.3 Å². The van der Waals surface area contributed by atoms with Crippen molar-refractivity contribution in [1.29, 1.82) is 5.26 Å². The van der Waals surface area contributed by atoms with Gasteiger partial charge in [0.15, 0.2) is 0 Å². The number of benzene rings is 2. The third-order valence-electron chi connectivity index (χ3n) is 4.22. The third-order valence-corrected chi connectivity index (χ3v) is 4.52. The Kier molecular flexibility index (Phi) is 7.04. The highest BCUT2D eigenvalue weighted by Gasteiger charge is 2.21. The number of rotatable bonds is 6. The molecule has 0 heterocycles. The number of hydrogen-bond donors (Lipinski definition) is 1. The molecule has 5 heteroatoms. The number of nitrogens with zero attached hydrogens (tertiary/aromatic N) is 2. The lowest BCUT2D eigenvalue weighted by atomic mass is 10.1. The minimum absolute atomic E-state index is 0.0377. The predicted octanol–water partition coefficient (Wildman–Crippen LogP) is 5.21. The Labute approximate surface area is 166 Å². The smallest absolute Gasteiger partial charge is 0.266 e. The number of nitriles is 1. The monoisotopic (exact) mass is 381 g/mol. The van der Waals surface area contributed by atoms with Crippen LogP contribution >= 0.6 is 11.6 Å². The average Bonchev–Trinajstić information content (AvgIpc) is 2.62. The number of anilines is 1. The summed E-state index contributed by atoms with van der Waals surface area (Å²) in [5, 5.41) is 13.1. The molecule has 0 atom stereocenters. The quantitative estimate of drug-likeness (QED) is 0.551. The van der Waals surface area contributed by atoms with E-state index >= 15 is 0 Å². The first-order valence-electron chi connectivity index (χ1n) is 8.82. The summed E-state index contributed by atoms with van der Waals surface area (Å²) in [4.78, 5) is 14.6.